The van der Waals surface area contributed by atoms with Gasteiger partial charge in [0.15, 0.2) is 10.8 Å². The fourth-order valence-electron chi connectivity index (χ4n) is 2.69. The molecule has 1 aliphatic heterocycles. The second-order valence-corrected chi connectivity index (χ2v) is 7.59. The van der Waals surface area contributed by atoms with Crippen LogP contribution in [-0.2, 0) is 24.0 Å². The van der Waals surface area contributed by atoms with E-state index in [1.807, 2.05) is 0 Å². The Balaban J connectivity index is 1.81. The molecule has 32 heavy (non-hydrogen) atoms. The predicted molar refractivity (Wildman–Crippen MR) is 117 cm³/mol. The van der Waals surface area contributed by atoms with Crippen molar-refractivity contribution in [3.8, 4) is 0 Å². The summed E-state index contributed by atoms with van der Waals surface area (Å²) in [6.45, 7) is 0.312. The number of alkyl halides is 1. The van der Waals surface area contributed by atoms with Crippen molar-refractivity contribution in [1.82, 2.24) is 20.9 Å². The normalized spacial score (nSPS) is 16.2. The molecule has 0 saturated carbocycles. The molecule has 11 nitrogen and oxygen atoms in total. The van der Waals surface area contributed by atoms with E-state index in [1.54, 1.807) is 30.3 Å². The number of halogens is 1. The zero-order valence-corrected chi connectivity index (χ0v) is 18.3. The molecule has 168 valence electrons. The van der Waals surface area contributed by atoms with E-state index in [2.05, 4.69) is 31.4 Å². The highest BCUT2D eigenvalue weighted by Crippen LogP contribution is 2.18. The van der Waals surface area contributed by atoms with Crippen molar-refractivity contribution in [3.63, 3.8) is 0 Å². The van der Waals surface area contributed by atoms with Gasteiger partial charge in [0.1, 0.15) is 30.8 Å². The molecule has 0 spiro atoms. The van der Waals surface area contributed by atoms with Crippen LogP contribution < -0.4 is 21.3 Å². The van der Waals surface area contributed by atoms with Gasteiger partial charge in [-0.05, 0) is 5.56 Å². The first-order valence-electron chi connectivity index (χ1n) is 9.29. The lowest BCUT2D eigenvalue weighted by Gasteiger charge is -2.29. The molecule has 4 amide bonds. The summed E-state index contributed by atoms with van der Waals surface area (Å²) >= 11 is 6.53. The van der Waals surface area contributed by atoms with Crippen molar-refractivity contribution in [2.75, 3.05) is 24.9 Å². The zero-order valence-electron chi connectivity index (χ0n) is 16.8. The summed E-state index contributed by atoms with van der Waals surface area (Å²) in [6.07, 6.45) is 0. The molecule has 13 heteroatoms. The minimum absolute atomic E-state index is 0.129. The number of aromatic nitrogens is 1. The van der Waals surface area contributed by atoms with Crippen LogP contribution in [0.5, 0.6) is 0 Å². The van der Waals surface area contributed by atoms with Gasteiger partial charge in [-0.25, -0.2) is 4.98 Å². The number of oxime groups is 1. The van der Waals surface area contributed by atoms with Gasteiger partial charge >= 0.3 is 0 Å². The summed E-state index contributed by atoms with van der Waals surface area (Å²) in [7, 11) is 1.26. The summed E-state index contributed by atoms with van der Waals surface area (Å²) in [5, 5.41) is 15.7. The van der Waals surface area contributed by atoms with Crippen LogP contribution in [0.2, 0.25) is 0 Å². The van der Waals surface area contributed by atoms with Crippen LogP contribution in [0.25, 0.3) is 0 Å². The van der Waals surface area contributed by atoms with Gasteiger partial charge in [0.25, 0.3) is 5.91 Å². The highest BCUT2D eigenvalue weighted by atomic mass is 35.5. The fourth-order valence-corrected chi connectivity index (χ4v) is 3.47. The average Bonchev–Trinajstić information content (AvgIpc) is 3.26. The van der Waals surface area contributed by atoms with Gasteiger partial charge in [-0.15, -0.1) is 22.9 Å². The molecule has 4 N–H and O–H groups in total. The van der Waals surface area contributed by atoms with Gasteiger partial charge in [0.05, 0.1) is 0 Å². The van der Waals surface area contributed by atoms with Gasteiger partial charge in [-0.2, -0.15) is 0 Å². The van der Waals surface area contributed by atoms with Crippen LogP contribution in [0, 0.1) is 0 Å². The van der Waals surface area contributed by atoms with Crippen LogP contribution in [0.4, 0.5) is 5.13 Å². The first-order valence-corrected chi connectivity index (χ1v) is 10.7. The van der Waals surface area contributed by atoms with Crippen LogP contribution >= 0.6 is 22.9 Å². The van der Waals surface area contributed by atoms with Gasteiger partial charge in [-0.1, -0.05) is 35.5 Å². The summed E-state index contributed by atoms with van der Waals surface area (Å²) in [5.41, 5.74) is 0.429. The third kappa shape index (κ3) is 5.59. The van der Waals surface area contributed by atoms with Crippen molar-refractivity contribution in [3.05, 3.63) is 47.0 Å². The number of nitrogens with one attached hydrogen (secondary N) is 4. The van der Waals surface area contributed by atoms with Gasteiger partial charge in [0.2, 0.25) is 17.7 Å². The second-order valence-electron chi connectivity index (χ2n) is 6.47. The van der Waals surface area contributed by atoms with Crippen LogP contribution in [-0.4, -0.2) is 59.9 Å². The fraction of sp³-hybridized carbons (Fsp3) is 0.263. The topological polar surface area (TPSA) is 151 Å². The number of hydrogen-bond acceptors (Lipinski definition) is 8. The number of carbonyl (C=O) groups is 4. The van der Waals surface area contributed by atoms with E-state index in [-0.39, 0.29) is 28.3 Å². The van der Waals surface area contributed by atoms with Crippen molar-refractivity contribution in [2.24, 2.45) is 5.16 Å². The maximum Gasteiger partial charge on any atom is 0.276 e. The van der Waals surface area contributed by atoms with Gasteiger partial charge in [-0.3, -0.25) is 19.2 Å². The van der Waals surface area contributed by atoms with E-state index < -0.39 is 29.8 Å². The molecule has 1 fully saturated rings. The Bertz CT molecular complexity index is 1040. The molecule has 2 aromatic rings. The third-order valence-electron chi connectivity index (χ3n) is 4.30. The Hall–Kier alpha value is -3.51. The van der Waals surface area contributed by atoms with Crippen molar-refractivity contribution in [2.45, 2.75) is 12.1 Å². The SMILES string of the molecule is CON=C(C(=O)N[C@@H](C(=O)NC1CNC1=O)c1ccccc1)c1csc(NC(=O)CCl)n1. The first-order chi connectivity index (χ1) is 15.4. The Morgan fingerprint density at radius 2 is 2.09 bits per heavy atom. The minimum atomic E-state index is -1.10. The average molecular weight is 479 g/mol. The molecular weight excluding hydrogens is 460 g/mol. The van der Waals surface area contributed by atoms with Crippen molar-refractivity contribution < 1.29 is 24.0 Å². The molecule has 3 rings (SSSR count). The van der Waals surface area contributed by atoms with Crippen molar-refractivity contribution in [1.29, 1.82) is 0 Å². The highest BCUT2D eigenvalue weighted by molar-refractivity contribution is 7.14. The second kappa shape index (κ2) is 10.7. The monoisotopic (exact) mass is 478 g/mol. The summed E-state index contributed by atoms with van der Waals surface area (Å²) in [4.78, 5) is 57.8. The molecule has 2 heterocycles. The molecule has 1 aromatic heterocycles. The summed E-state index contributed by atoms with van der Waals surface area (Å²) < 4.78 is 0. The number of amides is 4. The van der Waals surface area contributed by atoms with E-state index in [4.69, 9.17) is 16.4 Å². The standard InChI is InChI=1S/C19H19ClN6O5S/c1-31-26-15(12-9-32-19(23-12)24-13(27)7-20)18(30)25-14(10-5-3-2-4-6-10)17(29)22-11-8-21-16(11)28/h2-6,9,11,14H,7-8H2,1H3,(H,21,28)(H,22,29)(H,25,30)(H,23,24,27)/t11?,14-/m1/s1. The number of anilines is 1. The Morgan fingerprint density at radius 1 is 1.34 bits per heavy atom. The smallest absolute Gasteiger partial charge is 0.276 e. The number of benzene rings is 1. The Labute approximate surface area is 191 Å². The lowest BCUT2D eigenvalue weighted by Crippen LogP contribution is -2.63. The molecule has 2 atom stereocenters. The molecule has 1 aromatic carbocycles. The number of β-lactam (4-membered cyclic amide) rings is 1. The molecule has 0 radical (unpaired) electrons. The molecule has 1 aliphatic rings. The highest BCUT2D eigenvalue weighted by Gasteiger charge is 2.33. The summed E-state index contributed by atoms with van der Waals surface area (Å²) in [5.74, 6) is -2.31. The number of thiazole rings is 1. The lowest BCUT2D eigenvalue weighted by molar-refractivity contribution is -0.134. The molecule has 0 bridgehead atoms. The number of rotatable bonds is 9. The Kier molecular flexibility index (Phi) is 7.73. The minimum Gasteiger partial charge on any atom is -0.398 e. The molecular formula is C19H19ClN6O5S. The van der Waals surface area contributed by atoms with E-state index in [0.29, 0.717) is 12.1 Å². The van der Waals surface area contributed by atoms with E-state index in [0.717, 1.165) is 11.3 Å². The number of carbonyl (C=O) groups excluding carboxylic acids is 4. The third-order valence-corrected chi connectivity index (χ3v) is 5.30. The van der Waals surface area contributed by atoms with Gasteiger partial charge < -0.3 is 26.1 Å². The maximum absolute atomic E-state index is 13.0. The quantitative estimate of drug-likeness (QED) is 0.174. The Morgan fingerprint density at radius 3 is 2.69 bits per heavy atom. The van der Waals surface area contributed by atoms with E-state index in [9.17, 15) is 19.2 Å². The molecule has 1 unspecified atom stereocenters. The lowest BCUT2D eigenvalue weighted by atomic mass is 10.0. The summed E-state index contributed by atoms with van der Waals surface area (Å²) in [6, 6.07) is 6.77. The van der Waals surface area contributed by atoms with Crippen LogP contribution in [0.3, 0.4) is 0 Å². The van der Waals surface area contributed by atoms with Crippen LogP contribution in [0.1, 0.15) is 17.3 Å². The predicted octanol–water partition coefficient (Wildman–Crippen LogP) is 0.143. The van der Waals surface area contributed by atoms with E-state index >= 15 is 0 Å². The van der Waals surface area contributed by atoms with Crippen molar-refractivity contribution >= 4 is 57.4 Å². The van der Waals surface area contributed by atoms with Gasteiger partial charge in [0, 0.05) is 11.9 Å². The van der Waals surface area contributed by atoms with Crippen LogP contribution in [0.15, 0.2) is 40.9 Å². The first kappa shape index (κ1) is 23.2. The maximum atomic E-state index is 13.0. The number of hydrogen-bond donors (Lipinski definition) is 4. The molecule has 1 saturated heterocycles. The molecule has 0 aliphatic carbocycles. The zero-order chi connectivity index (χ0) is 23.1. The number of nitrogens with zero attached hydrogens (tertiary/aromatic N) is 2. The van der Waals surface area contributed by atoms with E-state index in [1.165, 1.54) is 12.5 Å². The largest absolute Gasteiger partial charge is 0.398 e.